The standard InChI is InChI=1S/C18H24N2/c1-11-10-13(6-8-15(11)19)14-7-9-16(20)12(2)17(14)18(3,4)5/h6-10H,19-20H2,1-5H3. The molecule has 4 N–H and O–H groups in total. The SMILES string of the molecule is Cc1cc(-c2ccc(N)c(C)c2C(C)(C)C)ccc1N. The van der Waals surface area contributed by atoms with Crippen LogP contribution in [0.5, 0.6) is 0 Å². The molecule has 0 atom stereocenters. The smallest absolute Gasteiger partial charge is 0.0347 e. The summed E-state index contributed by atoms with van der Waals surface area (Å²) in [6, 6.07) is 10.3. The molecule has 2 nitrogen and oxygen atoms in total. The van der Waals surface area contributed by atoms with Gasteiger partial charge in [0.1, 0.15) is 0 Å². The van der Waals surface area contributed by atoms with Gasteiger partial charge in [0.2, 0.25) is 0 Å². The van der Waals surface area contributed by atoms with Crippen LogP contribution in [-0.4, -0.2) is 0 Å². The van der Waals surface area contributed by atoms with E-state index in [9.17, 15) is 0 Å². The van der Waals surface area contributed by atoms with Crippen molar-refractivity contribution in [3.05, 3.63) is 47.0 Å². The van der Waals surface area contributed by atoms with Gasteiger partial charge in [-0.25, -0.2) is 0 Å². The average molecular weight is 268 g/mol. The second-order valence-corrected chi connectivity index (χ2v) is 6.52. The van der Waals surface area contributed by atoms with Crippen LogP contribution >= 0.6 is 0 Å². The molecule has 2 aromatic rings. The molecule has 0 unspecified atom stereocenters. The van der Waals surface area contributed by atoms with Gasteiger partial charge in [-0.15, -0.1) is 0 Å². The van der Waals surface area contributed by atoms with Gasteiger partial charge in [0, 0.05) is 11.4 Å². The molecule has 0 aliphatic rings. The predicted molar refractivity (Wildman–Crippen MR) is 88.9 cm³/mol. The zero-order valence-corrected chi connectivity index (χ0v) is 13.0. The Morgan fingerprint density at radius 1 is 0.850 bits per heavy atom. The maximum Gasteiger partial charge on any atom is 0.0347 e. The van der Waals surface area contributed by atoms with Crippen molar-refractivity contribution in [3.63, 3.8) is 0 Å². The van der Waals surface area contributed by atoms with E-state index in [1.165, 1.54) is 22.3 Å². The van der Waals surface area contributed by atoms with Crippen LogP contribution in [-0.2, 0) is 5.41 Å². The van der Waals surface area contributed by atoms with Crippen LogP contribution in [0.1, 0.15) is 37.5 Å². The molecule has 2 aromatic carbocycles. The molecule has 0 spiro atoms. The normalized spacial score (nSPS) is 11.7. The summed E-state index contributed by atoms with van der Waals surface area (Å²) in [4.78, 5) is 0. The highest BCUT2D eigenvalue weighted by atomic mass is 14.6. The summed E-state index contributed by atoms with van der Waals surface area (Å²) in [5.41, 5.74) is 19.8. The fourth-order valence-corrected chi connectivity index (χ4v) is 2.78. The first-order valence-corrected chi connectivity index (χ1v) is 6.98. The number of rotatable bonds is 1. The summed E-state index contributed by atoms with van der Waals surface area (Å²) in [5, 5.41) is 0. The summed E-state index contributed by atoms with van der Waals surface area (Å²) >= 11 is 0. The molecule has 0 aromatic heterocycles. The predicted octanol–water partition coefficient (Wildman–Crippen LogP) is 4.43. The number of hydrogen-bond donors (Lipinski definition) is 2. The summed E-state index contributed by atoms with van der Waals surface area (Å²) < 4.78 is 0. The Balaban J connectivity index is 2.74. The van der Waals surface area contributed by atoms with Crippen molar-refractivity contribution >= 4 is 11.4 Å². The van der Waals surface area contributed by atoms with Crippen LogP contribution in [0.4, 0.5) is 11.4 Å². The highest BCUT2D eigenvalue weighted by Gasteiger charge is 2.22. The van der Waals surface area contributed by atoms with E-state index >= 15 is 0 Å². The van der Waals surface area contributed by atoms with Gasteiger partial charge in [0.15, 0.2) is 0 Å². The highest BCUT2D eigenvalue weighted by Crippen LogP contribution is 2.38. The minimum absolute atomic E-state index is 0.0457. The average Bonchev–Trinajstić information content (AvgIpc) is 2.34. The van der Waals surface area contributed by atoms with Gasteiger partial charge >= 0.3 is 0 Å². The number of benzene rings is 2. The van der Waals surface area contributed by atoms with Gasteiger partial charge in [-0.1, -0.05) is 32.9 Å². The fraction of sp³-hybridized carbons (Fsp3) is 0.333. The Labute approximate surface area is 121 Å². The molecule has 20 heavy (non-hydrogen) atoms. The third kappa shape index (κ3) is 2.51. The Hall–Kier alpha value is -1.96. The van der Waals surface area contributed by atoms with Crippen molar-refractivity contribution in [1.29, 1.82) is 0 Å². The largest absolute Gasteiger partial charge is 0.399 e. The third-order valence-corrected chi connectivity index (χ3v) is 3.84. The van der Waals surface area contributed by atoms with Gasteiger partial charge in [-0.3, -0.25) is 0 Å². The van der Waals surface area contributed by atoms with E-state index in [-0.39, 0.29) is 5.41 Å². The van der Waals surface area contributed by atoms with Gasteiger partial charge in [0.05, 0.1) is 0 Å². The zero-order chi connectivity index (χ0) is 15.1. The first kappa shape index (κ1) is 14.4. The molecule has 2 heteroatoms. The summed E-state index contributed by atoms with van der Waals surface area (Å²) in [7, 11) is 0. The lowest BCUT2D eigenvalue weighted by Gasteiger charge is -2.27. The second-order valence-electron chi connectivity index (χ2n) is 6.52. The van der Waals surface area contributed by atoms with E-state index in [1.54, 1.807) is 0 Å². The molecule has 0 saturated heterocycles. The summed E-state index contributed by atoms with van der Waals surface area (Å²) in [6.07, 6.45) is 0. The molecular formula is C18H24N2. The third-order valence-electron chi connectivity index (χ3n) is 3.84. The van der Waals surface area contributed by atoms with Crippen molar-refractivity contribution in [2.24, 2.45) is 0 Å². The van der Waals surface area contributed by atoms with Crippen LogP contribution < -0.4 is 11.5 Å². The zero-order valence-electron chi connectivity index (χ0n) is 13.0. The maximum absolute atomic E-state index is 6.10. The van der Waals surface area contributed by atoms with E-state index in [2.05, 4.69) is 45.9 Å². The van der Waals surface area contributed by atoms with Crippen molar-refractivity contribution in [2.45, 2.75) is 40.0 Å². The number of aryl methyl sites for hydroxylation is 1. The van der Waals surface area contributed by atoms with Crippen LogP contribution in [0.2, 0.25) is 0 Å². The Kier molecular flexibility index (Phi) is 3.51. The minimum Gasteiger partial charge on any atom is -0.399 e. The Bertz CT molecular complexity index is 649. The van der Waals surface area contributed by atoms with E-state index in [1.807, 2.05) is 19.1 Å². The molecule has 0 aliphatic carbocycles. The molecule has 2 rings (SSSR count). The first-order valence-electron chi connectivity index (χ1n) is 6.98. The Morgan fingerprint density at radius 3 is 2.00 bits per heavy atom. The van der Waals surface area contributed by atoms with Crippen molar-refractivity contribution in [1.82, 2.24) is 0 Å². The monoisotopic (exact) mass is 268 g/mol. The van der Waals surface area contributed by atoms with Crippen molar-refractivity contribution < 1.29 is 0 Å². The van der Waals surface area contributed by atoms with Gasteiger partial charge in [-0.2, -0.15) is 0 Å². The highest BCUT2D eigenvalue weighted by molar-refractivity contribution is 5.75. The molecular weight excluding hydrogens is 244 g/mol. The minimum atomic E-state index is 0.0457. The van der Waals surface area contributed by atoms with E-state index in [0.29, 0.717) is 0 Å². The Morgan fingerprint density at radius 2 is 1.45 bits per heavy atom. The van der Waals surface area contributed by atoms with Gasteiger partial charge in [-0.05, 0) is 65.3 Å². The molecule has 0 saturated carbocycles. The van der Waals surface area contributed by atoms with E-state index in [0.717, 1.165) is 16.9 Å². The van der Waals surface area contributed by atoms with Crippen LogP contribution in [0.15, 0.2) is 30.3 Å². The van der Waals surface area contributed by atoms with Crippen LogP contribution in [0, 0.1) is 13.8 Å². The molecule has 0 radical (unpaired) electrons. The first-order chi connectivity index (χ1) is 9.21. The van der Waals surface area contributed by atoms with E-state index < -0.39 is 0 Å². The van der Waals surface area contributed by atoms with Gasteiger partial charge < -0.3 is 11.5 Å². The lowest BCUT2D eigenvalue weighted by atomic mass is 9.78. The van der Waals surface area contributed by atoms with Crippen molar-refractivity contribution in [2.75, 3.05) is 11.5 Å². The maximum atomic E-state index is 6.10. The quantitative estimate of drug-likeness (QED) is 0.752. The van der Waals surface area contributed by atoms with E-state index in [4.69, 9.17) is 11.5 Å². The van der Waals surface area contributed by atoms with Crippen LogP contribution in [0.25, 0.3) is 11.1 Å². The molecule has 0 fully saturated rings. The summed E-state index contributed by atoms with van der Waals surface area (Å²) in [5.74, 6) is 0. The fourth-order valence-electron chi connectivity index (χ4n) is 2.78. The van der Waals surface area contributed by atoms with Crippen molar-refractivity contribution in [3.8, 4) is 11.1 Å². The second kappa shape index (κ2) is 4.86. The van der Waals surface area contributed by atoms with Gasteiger partial charge in [0.25, 0.3) is 0 Å². The number of anilines is 2. The lowest BCUT2D eigenvalue weighted by molar-refractivity contribution is 0.588. The number of hydrogen-bond acceptors (Lipinski definition) is 2. The molecule has 0 heterocycles. The molecule has 0 bridgehead atoms. The number of nitrogen functional groups attached to an aromatic ring is 2. The number of nitrogens with two attached hydrogens (primary N) is 2. The van der Waals surface area contributed by atoms with Crippen LogP contribution in [0.3, 0.4) is 0 Å². The summed E-state index contributed by atoms with van der Waals surface area (Å²) in [6.45, 7) is 10.8. The lowest BCUT2D eigenvalue weighted by Crippen LogP contribution is -2.16. The molecule has 106 valence electrons. The topological polar surface area (TPSA) is 52.0 Å². The molecule has 0 aliphatic heterocycles. The molecule has 0 amide bonds.